The van der Waals surface area contributed by atoms with Crippen LogP contribution in [0.15, 0.2) is 73.2 Å². The van der Waals surface area contributed by atoms with Crippen LogP contribution in [0.2, 0.25) is 0 Å². The number of hydrogen-bond acceptors (Lipinski definition) is 2. The summed E-state index contributed by atoms with van der Waals surface area (Å²) in [6.45, 7) is 1.82. The van der Waals surface area contributed by atoms with E-state index >= 15 is 0 Å². The maximum absolute atomic E-state index is 11.5. The molecule has 29 heavy (non-hydrogen) atoms. The van der Waals surface area contributed by atoms with Gasteiger partial charge < -0.3 is 16.0 Å². The topological polar surface area (TPSA) is 74.8 Å². The number of anilines is 1. The van der Waals surface area contributed by atoms with Gasteiger partial charge in [0.1, 0.15) is 6.54 Å². The highest BCUT2D eigenvalue weighted by Crippen LogP contribution is 2.34. The molecule has 0 fully saturated rings. The lowest BCUT2D eigenvalue weighted by Crippen LogP contribution is -2.33. The normalized spacial score (nSPS) is 15.2. The molecular formula is C24H23N4O+. The maximum atomic E-state index is 11.5. The van der Waals surface area contributed by atoms with E-state index in [9.17, 15) is 4.79 Å². The van der Waals surface area contributed by atoms with E-state index in [0.717, 1.165) is 30.7 Å². The molecule has 1 aliphatic rings. The average Bonchev–Trinajstić information content (AvgIpc) is 3.38. The Morgan fingerprint density at radius 3 is 2.72 bits per heavy atom. The summed E-state index contributed by atoms with van der Waals surface area (Å²) < 4.78 is 2.22. The van der Waals surface area contributed by atoms with Gasteiger partial charge in [-0.2, -0.15) is 0 Å². The van der Waals surface area contributed by atoms with Crippen LogP contribution in [0.4, 0.5) is 5.69 Å². The number of benzene rings is 2. The van der Waals surface area contributed by atoms with Crippen LogP contribution >= 0.6 is 0 Å². The van der Waals surface area contributed by atoms with Gasteiger partial charge in [0.05, 0.1) is 0 Å². The van der Waals surface area contributed by atoms with E-state index in [-0.39, 0.29) is 5.91 Å². The zero-order chi connectivity index (χ0) is 19.8. The molecule has 0 spiro atoms. The molecule has 3 heterocycles. The number of pyridine rings is 1. The minimum atomic E-state index is -0.374. The molecule has 5 rings (SSSR count). The van der Waals surface area contributed by atoms with Crippen molar-refractivity contribution < 1.29 is 9.36 Å². The number of amides is 1. The highest BCUT2D eigenvalue weighted by atomic mass is 16.1. The van der Waals surface area contributed by atoms with E-state index in [4.69, 9.17) is 5.73 Å². The summed E-state index contributed by atoms with van der Waals surface area (Å²) >= 11 is 0. The molecule has 0 saturated carbocycles. The number of nitrogens with two attached hydrogens (primary N) is 1. The minimum absolute atomic E-state index is 0.374. The van der Waals surface area contributed by atoms with Crippen molar-refractivity contribution in [2.24, 2.45) is 5.73 Å². The molecule has 1 amide bonds. The second-order valence-electron chi connectivity index (χ2n) is 7.64. The van der Waals surface area contributed by atoms with Crippen molar-refractivity contribution in [3.8, 4) is 11.1 Å². The molecule has 2 aromatic carbocycles. The van der Waals surface area contributed by atoms with Crippen LogP contribution in [0.25, 0.3) is 22.0 Å². The van der Waals surface area contributed by atoms with Crippen molar-refractivity contribution in [2.45, 2.75) is 18.9 Å². The fraction of sp³-hybridized carbons (Fsp3) is 0.167. The lowest BCUT2D eigenvalue weighted by atomic mass is 9.96. The highest BCUT2D eigenvalue weighted by molar-refractivity contribution is 5.93. The molecule has 4 N–H and O–H groups in total. The Labute approximate surface area is 169 Å². The zero-order valence-electron chi connectivity index (χ0n) is 16.1. The van der Waals surface area contributed by atoms with Crippen molar-refractivity contribution in [1.82, 2.24) is 4.98 Å². The van der Waals surface area contributed by atoms with Gasteiger partial charge in [0.2, 0.25) is 5.91 Å². The number of fused-ring (bicyclic) bond motifs is 2. The summed E-state index contributed by atoms with van der Waals surface area (Å²) in [5.74, 6) is 0.00807. The minimum Gasteiger partial charge on any atom is -0.384 e. The van der Waals surface area contributed by atoms with Crippen molar-refractivity contribution in [3.63, 3.8) is 0 Å². The third-order valence-corrected chi connectivity index (χ3v) is 5.83. The summed E-state index contributed by atoms with van der Waals surface area (Å²) in [5.41, 5.74) is 11.9. The fourth-order valence-electron chi connectivity index (χ4n) is 4.15. The Bertz CT molecular complexity index is 1190. The van der Waals surface area contributed by atoms with Gasteiger partial charge in [-0.3, -0.25) is 4.79 Å². The molecule has 1 aliphatic heterocycles. The molecular weight excluding hydrogens is 360 g/mol. The first-order valence-corrected chi connectivity index (χ1v) is 9.91. The number of aryl methyl sites for hydroxylation is 1. The first-order valence-electron chi connectivity index (χ1n) is 9.91. The quantitative estimate of drug-likeness (QED) is 0.458. The number of carbonyl (C=O) groups is 1. The van der Waals surface area contributed by atoms with Crippen molar-refractivity contribution >= 4 is 22.5 Å². The standard InChI is InChI=1S/C24H22N4O/c25-24(29)19-2-4-23-21(14-19)20(15-27-23)8-12-28-10-6-16(7-11-28)17-1-3-22-18(13-17)5-9-26-22/h1-7,9-11,13-14,20H,8,12,15H2,(H3,25,27,29)/p+1. The van der Waals surface area contributed by atoms with Gasteiger partial charge >= 0.3 is 0 Å². The molecule has 4 aromatic rings. The molecule has 1 atom stereocenters. The third kappa shape index (κ3) is 3.36. The maximum Gasteiger partial charge on any atom is 0.248 e. The van der Waals surface area contributed by atoms with Gasteiger partial charge in [0, 0.05) is 54.0 Å². The molecule has 0 saturated heterocycles. The third-order valence-electron chi connectivity index (χ3n) is 5.83. The Balaban J connectivity index is 1.29. The van der Waals surface area contributed by atoms with Crippen molar-refractivity contribution in [2.75, 3.05) is 11.9 Å². The predicted octanol–water partition coefficient (Wildman–Crippen LogP) is 3.82. The average molecular weight is 383 g/mol. The molecule has 5 heteroatoms. The second kappa shape index (κ2) is 7.09. The largest absolute Gasteiger partial charge is 0.384 e. The molecule has 0 aliphatic carbocycles. The van der Waals surface area contributed by atoms with E-state index in [1.807, 2.05) is 18.3 Å². The fourth-order valence-corrected chi connectivity index (χ4v) is 4.15. The van der Waals surface area contributed by atoms with Crippen LogP contribution in [0.3, 0.4) is 0 Å². The number of aromatic amines is 1. The number of nitrogens with zero attached hydrogens (tertiary/aromatic N) is 1. The molecule has 0 bridgehead atoms. The van der Waals surface area contributed by atoms with Crippen LogP contribution in [-0.4, -0.2) is 17.4 Å². The van der Waals surface area contributed by atoms with E-state index in [1.54, 1.807) is 6.07 Å². The summed E-state index contributed by atoms with van der Waals surface area (Å²) in [7, 11) is 0. The number of primary amides is 1. The van der Waals surface area contributed by atoms with Gasteiger partial charge in [0.15, 0.2) is 12.4 Å². The summed E-state index contributed by atoms with van der Waals surface area (Å²) in [6, 6.07) is 18.6. The molecule has 144 valence electrons. The smallest absolute Gasteiger partial charge is 0.248 e. The van der Waals surface area contributed by atoms with Crippen LogP contribution < -0.4 is 15.6 Å². The lowest BCUT2D eigenvalue weighted by molar-refractivity contribution is -0.697. The van der Waals surface area contributed by atoms with E-state index in [2.05, 4.69) is 63.7 Å². The second-order valence-corrected chi connectivity index (χ2v) is 7.64. The Kier molecular flexibility index (Phi) is 4.28. The number of rotatable bonds is 5. The van der Waals surface area contributed by atoms with Gasteiger partial charge in [0.25, 0.3) is 0 Å². The Hall–Kier alpha value is -3.60. The monoisotopic (exact) mass is 383 g/mol. The van der Waals surface area contributed by atoms with Gasteiger partial charge in [-0.15, -0.1) is 0 Å². The number of H-pyrrole nitrogens is 1. The predicted molar refractivity (Wildman–Crippen MR) is 115 cm³/mol. The number of nitrogens with one attached hydrogen (secondary N) is 2. The lowest BCUT2D eigenvalue weighted by Gasteiger charge is -2.09. The number of hydrogen-bond donors (Lipinski definition) is 3. The van der Waals surface area contributed by atoms with Gasteiger partial charge in [-0.1, -0.05) is 6.07 Å². The van der Waals surface area contributed by atoms with Crippen LogP contribution in [-0.2, 0) is 6.54 Å². The van der Waals surface area contributed by atoms with E-state index < -0.39 is 0 Å². The molecule has 2 aromatic heterocycles. The van der Waals surface area contributed by atoms with Crippen LogP contribution in [0, 0.1) is 0 Å². The van der Waals surface area contributed by atoms with E-state index in [1.165, 1.54) is 22.1 Å². The molecule has 5 nitrogen and oxygen atoms in total. The Morgan fingerprint density at radius 1 is 1.03 bits per heavy atom. The van der Waals surface area contributed by atoms with E-state index in [0.29, 0.717) is 11.5 Å². The summed E-state index contributed by atoms with van der Waals surface area (Å²) in [4.78, 5) is 14.7. The van der Waals surface area contributed by atoms with Crippen molar-refractivity contribution in [3.05, 3.63) is 84.3 Å². The zero-order valence-corrected chi connectivity index (χ0v) is 16.1. The summed E-state index contributed by atoms with van der Waals surface area (Å²) in [5, 5.41) is 4.66. The summed E-state index contributed by atoms with van der Waals surface area (Å²) in [6.07, 6.45) is 7.25. The first-order chi connectivity index (χ1) is 14.2. The van der Waals surface area contributed by atoms with Gasteiger partial charge in [-0.25, -0.2) is 4.57 Å². The van der Waals surface area contributed by atoms with Crippen LogP contribution in [0.5, 0.6) is 0 Å². The number of aromatic nitrogens is 2. The van der Waals surface area contributed by atoms with Gasteiger partial charge in [-0.05, 0) is 58.5 Å². The molecule has 0 radical (unpaired) electrons. The first kappa shape index (κ1) is 17.5. The highest BCUT2D eigenvalue weighted by Gasteiger charge is 2.24. The molecule has 1 unspecified atom stereocenters. The Morgan fingerprint density at radius 2 is 1.90 bits per heavy atom. The van der Waals surface area contributed by atoms with Crippen molar-refractivity contribution in [1.29, 1.82) is 0 Å². The number of carbonyl (C=O) groups excluding carboxylic acids is 1. The van der Waals surface area contributed by atoms with Crippen LogP contribution in [0.1, 0.15) is 28.3 Å². The SMILES string of the molecule is NC(=O)c1ccc2c(c1)C(CC[n+]1ccc(-c3ccc4[nH]ccc4c3)cc1)CN2.